The Morgan fingerprint density at radius 3 is 2.71 bits per heavy atom. The Bertz CT molecular complexity index is 488. The van der Waals surface area contributed by atoms with Gasteiger partial charge in [-0.15, -0.1) is 4.91 Å². The summed E-state index contributed by atoms with van der Waals surface area (Å²) in [7, 11) is 0. The van der Waals surface area contributed by atoms with Gasteiger partial charge in [-0.05, 0) is 23.4 Å². The first-order valence-corrected chi connectivity index (χ1v) is 5.06. The van der Waals surface area contributed by atoms with Gasteiger partial charge in [-0.2, -0.15) is 5.26 Å². The van der Waals surface area contributed by atoms with E-state index in [-0.39, 0.29) is 24.6 Å². The number of nitrogens with one attached hydrogen (secondary N) is 1. The molecule has 1 saturated carbocycles. The minimum absolute atomic E-state index is 0.124. The van der Waals surface area contributed by atoms with Crippen LogP contribution in [0, 0.1) is 16.2 Å². The monoisotopic (exact) mass is 237 g/mol. The maximum Gasteiger partial charge on any atom is 0.252 e. The maximum atomic E-state index is 12.6. The number of rotatable bonds is 3. The van der Waals surface area contributed by atoms with Crippen LogP contribution in [-0.2, 0) is 0 Å². The molecule has 1 fully saturated rings. The molecule has 2 rings (SSSR count). The molecule has 0 spiro atoms. The SMILES string of the molecule is N#Cc1ccc(N=O)c(NC2CC(F)(F)C2)c1. The van der Waals surface area contributed by atoms with E-state index in [1.165, 1.54) is 18.2 Å². The van der Waals surface area contributed by atoms with Crippen LogP contribution < -0.4 is 5.32 Å². The highest BCUT2D eigenvalue weighted by Gasteiger charge is 2.45. The Kier molecular flexibility index (Phi) is 2.76. The van der Waals surface area contributed by atoms with Crippen LogP contribution in [0.15, 0.2) is 23.4 Å². The molecular formula is C11H9F2N3O. The van der Waals surface area contributed by atoms with Crippen LogP contribution in [0.3, 0.4) is 0 Å². The molecule has 0 aromatic heterocycles. The Hall–Kier alpha value is -2.03. The highest BCUT2D eigenvalue weighted by molar-refractivity contribution is 5.68. The molecule has 4 nitrogen and oxygen atoms in total. The number of hydrogen-bond acceptors (Lipinski definition) is 4. The van der Waals surface area contributed by atoms with E-state index in [1.54, 1.807) is 0 Å². The summed E-state index contributed by atoms with van der Waals surface area (Å²) in [5.41, 5.74) is 0.810. The third kappa shape index (κ3) is 2.38. The van der Waals surface area contributed by atoms with E-state index < -0.39 is 5.92 Å². The number of anilines is 1. The molecule has 0 amide bonds. The van der Waals surface area contributed by atoms with Gasteiger partial charge in [0.05, 0.1) is 17.3 Å². The van der Waals surface area contributed by atoms with Crippen molar-refractivity contribution in [3.8, 4) is 6.07 Å². The summed E-state index contributed by atoms with van der Waals surface area (Å²) in [6.45, 7) is 0. The van der Waals surface area contributed by atoms with Crippen molar-refractivity contribution in [3.05, 3.63) is 28.7 Å². The minimum atomic E-state index is -2.63. The van der Waals surface area contributed by atoms with Crippen molar-refractivity contribution < 1.29 is 8.78 Å². The standard InChI is InChI=1S/C11H9F2N3O/c12-11(13)4-8(5-11)15-10-3-7(6-14)1-2-9(10)16-17/h1-3,8,15H,4-5H2. The molecule has 0 atom stereocenters. The number of benzene rings is 1. The number of nitriles is 1. The maximum absolute atomic E-state index is 12.6. The fourth-order valence-corrected chi connectivity index (χ4v) is 1.78. The van der Waals surface area contributed by atoms with Gasteiger partial charge in [0.25, 0.3) is 5.92 Å². The summed E-state index contributed by atoms with van der Waals surface area (Å²) in [6, 6.07) is 5.82. The van der Waals surface area contributed by atoms with Crippen LogP contribution in [0.5, 0.6) is 0 Å². The topological polar surface area (TPSA) is 65.2 Å². The van der Waals surface area contributed by atoms with Gasteiger partial charge in [-0.1, -0.05) is 0 Å². The van der Waals surface area contributed by atoms with Gasteiger partial charge in [0.1, 0.15) is 5.69 Å². The lowest BCUT2D eigenvalue weighted by molar-refractivity contribution is -0.0793. The van der Waals surface area contributed by atoms with Gasteiger partial charge in [0.15, 0.2) is 0 Å². The number of hydrogen-bond donors (Lipinski definition) is 1. The summed E-state index contributed by atoms with van der Waals surface area (Å²) in [6.07, 6.45) is -0.524. The molecule has 1 aliphatic carbocycles. The third-order valence-corrected chi connectivity index (χ3v) is 2.67. The van der Waals surface area contributed by atoms with Gasteiger partial charge >= 0.3 is 0 Å². The van der Waals surface area contributed by atoms with Gasteiger partial charge in [0, 0.05) is 18.9 Å². The van der Waals surface area contributed by atoms with Crippen molar-refractivity contribution in [1.82, 2.24) is 0 Å². The van der Waals surface area contributed by atoms with Crippen molar-refractivity contribution >= 4 is 11.4 Å². The lowest BCUT2D eigenvalue weighted by Crippen LogP contribution is -2.44. The molecule has 1 aliphatic rings. The van der Waals surface area contributed by atoms with Crippen molar-refractivity contribution in [2.24, 2.45) is 5.18 Å². The summed E-state index contributed by atoms with van der Waals surface area (Å²) in [5.74, 6) is -2.63. The average Bonchev–Trinajstić information content (AvgIpc) is 2.26. The Morgan fingerprint density at radius 2 is 2.18 bits per heavy atom. The Labute approximate surface area is 96.2 Å². The predicted octanol–water partition coefficient (Wildman–Crippen LogP) is 3.17. The molecule has 1 N–H and O–H groups in total. The lowest BCUT2D eigenvalue weighted by Gasteiger charge is -2.36. The second-order valence-corrected chi connectivity index (χ2v) is 4.04. The van der Waals surface area contributed by atoms with Gasteiger partial charge in [0.2, 0.25) is 0 Å². The summed E-state index contributed by atoms with van der Waals surface area (Å²) >= 11 is 0. The van der Waals surface area contributed by atoms with Crippen LogP contribution >= 0.6 is 0 Å². The van der Waals surface area contributed by atoms with E-state index in [2.05, 4.69) is 10.5 Å². The Morgan fingerprint density at radius 1 is 1.47 bits per heavy atom. The molecular weight excluding hydrogens is 228 g/mol. The largest absolute Gasteiger partial charge is 0.380 e. The fourth-order valence-electron chi connectivity index (χ4n) is 1.78. The van der Waals surface area contributed by atoms with E-state index in [4.69, 9.17) is 5.26 Å². The van der Waals surface area contributed by atoms with E-state index >= 15 is 0 Å². The summed E-state index contributed by atoms with van der Waals surface area (Å²) in [5, 5.41) is 14.3. The molecule has 88 valence electrons. The van der Waals surface area contributed by atoms with Crippen molar-refractivity contribution in [1.29, 1.82) is 5.26 Å². The molecule has 0 bridgehead atoms. The quantitative estimate of drug-likeness (QED) is 0.821. The minimum Gasteiger partial charge on any atom is -0.380 e. The zero-order valence-electron chi connectivity index (χ0n) is 8.78. The van der Waals surface area contributed by atoms with Crippen molar-refractivity contribution in [2.45, 2.75) is 24.8 Å². The van der Waals surface area contributed by atoms with Crippen molar-refractivity contribution in [3.63, 3.8) is 0 Å². The second-order valence-electron chi connectivity index (χ2n) is 4.04. The zero-order chi connectivity index (χ0) is 12.5. The van der Waals surface area contributed by atoms with E-state index in [9.17, 15) is 13.7 Å². The normalized spacial score (nSPS) is 17.9. The highest BCUT2D eigenvalue weighted by atomic mass is 19.3. The smallest absolute Gasteiger partial charge is 0.252 e. The molecule has 0 aliphatic heterocycles. The molecule has 0 heterocycles. The molecule has 6 heteroatoms. The van der Waals surface area contributed by atoms with E-state index in [0.29, 0.717) is 11.3 Å². The predicted molar refractivity (Wildman–Crippen MR) is 58.2 cm³/mol. The highest BCUT2D eigenvalue weighted by Crippen LogP contribution is 2.40. The molecule has 17 heavy (non-hydrogen) atoms. The number of alkyl halides is 2. The first-order valence-electron chi connectivity index (χ1n) is 5.06. The third-order valence-electron chi connectivity index (χ3n) is 2.67. The van der Waals surface area contributed by atoms with E-state index in [0.717, 1.165) is 0 Å². The fraction of sp³-hybridized carbons (Fsp3) is 0.364. The summed E-state index contributed by atoms with van der Waals surface area (Å²) < 4.78 is 25.3. The van der Waals surface area contributed by atoms with Crippen LogP contribution in [-0.4, -0.2) is 12.0 Å². The van der Waals surface area contributed by atoms with Gasteiger partial charge < -0.3 is 5.32 Å². The molecule has 0 unspecified atom stereocenters. The molecule has 0 radical (unpaired) electrons. The van der Waals surface area contributed by atoms with Crippen LogP contribution in [0.25, 0.3) is 0 Å². The van der Waals surface area contributed by atoms with E-state index in [1.807, 2.05) is 6.07 Å². The van der Waals surface area contributed by atoms with Gasteiger partial charge in [-0.3, -0.25) is 0 Å². The number of nitroso groups, excluding NO2 is 1. The first kappa shape index (κ1) is 11.5. The van der Waals surface area contributed by atoms with Crippen LogP contribution in [0.1, 0.15) is 18.4 Å². The van der Waals surface area contributed by atoms with Crippen LogP contribution in [0.2, 0.25) is 0 Å². The van der Waals surface area contributed by atoms with Crippen LogP contribution in [0.4, 0.5) is 20.2 Å². The molecule has 1 aromatic rings. The average molecular weight is 237 g/mol. The lowest BCUT2D eigenvalue weighted by atomic mass is 9.88. The Balaban J connectivity index is 2.15. The number of halogens is 2. The second kappa shape index (κ2) is 4.09. The summed E-state index contributed by atoms with van der Waals surface area (Å²) in [4.78, 5) is 10.5. The van der Waals surface area contributed by atoms with Crippen molar-refractivity contribution in [2.75, 3.05) is 5.32 Å². The number of nitrogens with zero attached hydrogens (tertiary/aromatic N) is 2. The first-order chi connectivity index (χ1) is 8.04. The molecule has 1 aromatic carbocycles. The molecule has 0 saturated heterocycles. The zero-order valence-corrected chi connectivity index (χ0v) is 8.78. The van der Waals surface area contributed by atoms with Gasteiger partial charge in [-0.25, -0.2) is 8.78 Å².